The van der Waals surface area contributed by atoms with Gasteiger partial charge in [0.2, 0.25) is 0 Å². The topological polar surface area (TPSA) is 94.4 Å². The summed E-state index contributed by atoms with van der Waals surface area (Å²) in [6.07, 6.45) is 0. The molecule has 4 rings (SSSR count). The van der Waals surface area contributed by atoms with Gasteiger partial charge in [-0.3, -0.25) is 14.4 Å². The van der Waals surface area contributed by atoms with Gasteiger partial charge >= 0.3 is 0 Å². The highest BCUT2D eigenvalue weighted by atomic mass is 32.2. The maximum absolute atomic E-state index is 13.7. The van der Waals surface area contributed by atoms with E-state index in [4.69, 9.17) is 9.72 Å². The third-order valence-corrected chi connectivity index (χ3v) is 8.42. The van der Waals surface area contributed by atoms with Crippen LogP contribution >= 0.6 is 11.3 Å². The molecule has 1 amide bonds. The summed E-state index contributed by atoms with van der Waals surface area (Å²) >= 11 is 1.41. The van der Waals surface area contributed by atoms with Crippen molar-refractivity contribution in [1.82, 2.24) is 14.8 Å². The summed E-state index contributed by atoms with van der Waals surface area (Å²) in [6, 6.07) is 13.8. The van der Waals surface area contributed by atoms with Crippen molar-refractivity contribution in [3.63, 3.8) is 0 Å². The molecule has 0 aliphatic carbocycles. The molecule has 4 aromatic rings. The first kappa shape index (κ1) is 24.9. The van der Waals surface area contributed by atoms with Gasteiger partial charge in [-0.05, 0) is 63.2 Å². The van der Waals surface area contributed by atoms with E-state index in [1.807, 2.05) is 49.7 Å². The van der Waals surface area contributed by atoms with Crippen LogP contribution in [0.25, 0.3) is 10.2 Å². The van der Waals surface area contributed by atoms with Crippen LogP contribution in [-0.4, -0.2) is 48.0 Å². The van der Waals surface area contributed by atoms with Crippen molar-refractivity contribution in [1.29, 1.82) is 0 Å². The van der Waals surface area contributed by atoms with E-state index < -0.39 is 9.84 Å². The van der Waals surface area contributed by atoms with Gasteiger partial charge in [0.15, 0.2) is 15.0 Å². The number of thiazole rings is 1. The van der Waals surface area contributed by atoms with E-state index in [0.717, 1.165) is 16.1 Å². The van der Waals surface area contributed by atoms with E-state index in [9.17, 15) is 13.2 Å². The molecule has 0 saturated heterocycles. The maximum Gasteiger partial charge on any atom is 0.260 e. The average molecular weight is 513 g/mol. The fourth-order valence-electron chi connectivity index (χ4n) is 3.81. The fraction of sp³-hybridized carbons (Fsp3) is 0.320. The Morgan fingerprint density at radius 3 is 2.49 bits per heavy atom. The number of para-hydroxylation sites is 1. The molecule has 0 unspecified atom stereocenters. The molecular formula is C25H28N4O4S2. The third-order valence-electron chi connectivity index (χ3n) is 5.63. The number of carbonyl (C=O) groups is 1. The molecule has 35 heavy (non-hydrogen) atoms. The molecule has 0 spiro atoms. The second-order valence-electron chi connectivity index (χ2n) is 8.07. The lowest BCUT2D eigenvalue weighted by atomic mass is 10.2. The maximum atomic E-state index is 13.7. The van der Waals surface area contributed by atoms with Crippen LogP contribution in [0.3, 0.4) is 0 Å². The lowest BCUT2D eigenvalue weighted by Crippen LogP contribution is -2.34. The van der Waals surface area contributed by atoms with E-state index in [0.29, 0.717) is 41.7 Å². The van der Waals surface area contributed by atoms with E-state index >= 15 is 0 Å². The summed E-state index contributed by atoms with van der Waals surface area (Å²) < 4.78 is 32.9. The van der Waals surface area contributed by atoms with Gasteiger partial charge in [-0.15, -0.1) is 0 Å². The number of rotatable bonds is 9. The summed E-state index contributed by atoms with van der Waals surface area (Å²) in [5.74, 6) is 0.416. The Kier molecular flexibility index (Phi) is 7.23. The number of nitrogens with zero attached hydrogens (tertiary/aromatic N) is 4. The smallest absolute Gasteiger partial charge is 0.260 e. The number of ether oxygens (including phenoxy) is 1. The summed E-state index contributed by atoms with van der Waals surface area (Å²) in [4.78, 5) is 20.2. The molecule has 8 nitrogen and oxygen atoms in total. The molecule has 2 aromatic carbocycles. The molecule has 0 N–H and O–H groups in total. The van der Waals surface area contributed by atoms with Gasteiger partial charge in [-0.25, -0.2) is 13.4 Å². The van der Waals surface area contributed by atoms with Crippen LogP contribution in [0.2, 0.25) is 0 Å². The first-order valence-corrected chi connectivity index (χ1v) is 13.9. The zero-order chi connectivity index (χ0) is 25.2. The summed E-state index contributed by atoms with van der Waals surface area (Å²) in [6.45, 7) is 8.77. The Labute approximate surface area is 209 Å². The number of aromatic nitrogens is 3. The molecular weight excluding hydrogens is 484 g/mol. The third kappa shape index (κ3) is 5.23. The number of amides is 1. The van der Waals surface area contributed by atoms with Gasteiger partial charge in [-0.1, -0.05) is 24.3 Å². The first-order valence-electron chi connectivity index (χ1n) is 11.4. The van der Waals surface area contributed by atoms with Gasteiger partial charge in [0, 0.05) is 17.8 Å². The molecule has 0 saturated carbocycles. The van der Waals surface area contributed by atoms with Crippen LogP contribution in [0.5, 0.6) is 5.75 Å². The van der Waals surface area contributed by atoms with Crippen molar-refractivity contribution in [2.45, 2.75) is 39.1 Å². The normalized spacial score (nSPS) is 11.7. The Balaban J connectivity index is 1.71. The van der Waals surface area contributed by atoms with Crippen molar-refractivity contribution >= 4 is 42.4 Å². The van der Waals surface area contributed by atoms with Crippen molar-refractivity contribution in [2.75, 3.05) is 23.8 Å². The molecule has 2 aromatic heterocycles. The van der Waals surface area contributed by atoms with Gasteiger partial charge in [0.25, 0.3) is 5.91 Å². The van der Waals surface area contributed by atoms with Crippen LogP contribution < -0.4 is 9.64 Å². The van der Waals surface area contributed by atoms with E-state index in [2.05, 4.69) is 5.10 Å². The van der Waals surface area contributed by atoms with Crippen molar-refractivity contribution in [3.05, 3.63) is 65.5 Å². The number of fused-ring (bicyclic) bond motifs is 1. The van der Waals surface area contributed by atoms with E-state index in [1.54, 1.807) is 24.0 Å². The van der Waals surface area contributed by atoms with E-state index in [-0.39, 0.29) is 16.6 Å². The Morgan fingerprint density at radius 2 is 1.86 bits per heavy atom. The standard InChI is InChI=1S/C25H28N4O4S2/c1-5-33-21-8-7-9-22-23(21)26-25(34-22)28(14-15-29-18(4)16-17(3)27-29)24(30)19-10-12-20(13-11-19)35(31,32)6-2/h7-13,16H,5-6,14-15H2,1-4H3. The van der Waals surface area contributed by atoms with Crippen molar-refractivity contribution in [3.8, 4) is 5.75 Å². The number of anilines is 1. The minimum absolute atomic E-state index is 0.00290. The fourth-order valence-corrected chi connectivity index (χ4v) is 5.70. The number of carbonyl (C=O) groups excluding carboxylic acids is 1. The molecule has 2 heterocycles. The molecule has 0 fully saturated rings. The second kappa shape index (κ2) is 10.2. The summed E-state index contributed by atoms with van der Waals surface area (Å²) in [7, 11) is -3.35. The number of benzene rings is 2. The summed E-state index contributed by atoms with van der Waals surface area (Å²) in [5.41, 5.74) is 3.02. The predicted molar refractivity (Wildman–Crippen MR) is 138 cm³/mol. The minimum Gasteiger partial charge on any atom is -0.492 e. The van der Waals surface area contributed by atoms with E-state index in [1.165, 1.54) is 23.5 Å². The molecule has 184 valence electrons. The molecule has 0 aliphatic rings. The average Bonchev–Trinajstić information content (AvgIpc) is 3.42. The van der Waals surface area contributed by atoms with Gasteiger partial charge in [-0.2, -0.15) is 5.10 Å². The predicted octanol–water partition coefficient (Wildman–Crippen LogP) is 4.65. The molecule has 0 aliphatic heterocycles. The minimum atomic E-state index is -3.35. The lowest BCUT2D eigenvalue weighted by molar-refractivity contribution is 0.0985. The number of hydrogen-bond donors (Lipinski definition) is 0. The zero-order valence-corrected chi connectivity index (χ0v) is 21.8. The molecule has 0 radical (unpaired) electrons. The highest BCUT2D eigenvalue weighted by molar-refractivity contribution is 7.91. The Morgan fingerprint density at radius 1 is 1.11 bits per heavy atom. The van der Waals surface area contributed by atoms with Gasteiger partial charge < -0.3 is 4.74 Å². The van der Waals surface area contributed by atoms with Gasteiger partial charge in [0.1, 0.15) is 11.3 Å². The quantitative estimate of drug-likeness (QED) is 0.324. The Bertz CT molecular complexity index is 1460. The second-order valence-corrected chi connectivity index (χ2v) is 11.4. The number of sulfone groups is 1. The van der Waals surface area contributed by atoms with Crippen LogP contribution in [0, 0.1) is 13.8 Å². The van der Waals surface area contributed by atoms with Crippen molar-refractivity contribution in [2.24, 2.45) is 0 Å². The largest absolute Gasteiger partial charge is 0.492 e. The van der Waals surface area contributed by atoms with Gasteiger partial charge in [0.05, 0.1) is 34.2 Å². The van der Waals surface area contributed by atoms with Crippen LogP contribution in [0.4, 0.5) is 5.13 Å². The SMILES string of the molecule is CCOc1cccc2sc(N(CCn3nc(C)cc3C)C(=O)c3ccc(S(=O)(=O)CC)cc3)nc12. The molecule has 10 heteroatoms. The first-order chi connectivity index (χ1) is 16.7. The number of hydrogen-bond acceptors (Lipinski definition) is 7. The zero-order valence-electron chi connectivity index (χ0n) is 20.2. The highest BCUT2D eigenvalue weighted by Gasteiger charge is 2.23. The number of aryl methyl sites for hydroxylation is 2. The summed E-state index contributed by atoms with van der Waals surface area (Å²) in [5, 5.41) is 5.06. The van der Waals surface area contributed by atoms with Crippen LogP contribution in [0.1, 0.15) is 35.6 Å². The highest BCUT2D eigenvalue weighted by Crippen LogP contribution is 2.35. The van der Waals surface area contributed by atoms with Crippen LogP contribution in [0.15, 0.2) is 53.4 Å². The van der Waals surface area contributed by atoms with Crippen molar-refractivity contribution < 1.29 is 17.9 Å². The van der Waals surface area contributed by atoms with Crippen LogP contribution in [-0.2, 0) is 16.4 Å². The molecule has 0 atom stereocenters. The Hall–Kier alpha value is -3.24. The molecule has 0 bridgehead atoms. The monoisotopic (exact) mass is 512 g/mol. The lowest BCUT2D eigenvalue weighted by Gasteiger charge is -2.20.